The van der Waals surface area contributed by atoms with Crippen LogP contribution in [-0.4, -0.2) is 29.3 Å². The van der Waals surface area contributed by atoms with E-state index in [4.69, 9.17) is 25.6 Å². The number of rotatable bonds is 4. The van der Waals surface area contributed by atoms with Crippen molar-refractivity contribution in [2.24, 2.45) is 0 Å². The summed E-state index contributed by atoms with van der Waals surface area (Å²) in [6.45, 7) is 3.42. The largest absolute Gasteiger partial charge is 0.489 e. The monoisotopic (exact) mass is 387 g/mol. The fraction of sp³-hybridized carbons (Fsp3) is 0.316. The van der Waals surface area contributed by atoms with Gasteiger partial charge >= 0.3 is 0 Å². The maximum atomic E-state index is 12.5. The quantitative estimate of drug-likeness (QED) is 0.737. The summed E-state index contributed by atoms with van der Waals surface area (Å²) in [6.07, 6.45) is 2.98. The molecule has 3 heterocycles. The molecule has 0 bridgehead atoms. The predicted molar refractivity (Wildman–Crippen MR) is 99.4 cm³/mol. The number of benzene rings is 1. The number of aromatic nitrogens is 2. The zero-order valence-corrected chi connectivity index (χ0v) is 15.5. The lowest BCUT2D eigenvalue weighted by atomic mass is 10.1. The highest BCUT2D eigenvalue weighted by molar-refractivity contribution is 6.32. The highest BCUT2D eigenvalue weighted by Crippen LogP contribution is 2.38. The van der Waals surface area contributed by atoms with E-state index in [9.17, 15) is 4.79 Å². The lowest BCUT2D eigenvalue weighted by Crippen LogP contribution is -2.23. The standard InChI is InChI=1S/C19H18ClN3O4/c1-2-15-13-8-12(10-22-19(13)27-23-15)18(24)21-9-11-6-14(20)17-16(7-11)25-4-3-5-26-17/h6-8,10H,2-5,9H2,1H3,(H,21,24). The molecule has 1 amide bonds. The van der Waals surface area contributed by atoms with Crippen LogP contribution in [0.4, 0.5) is 0 Å². The Balaban J connectivity index is 1.51. The molecule has 1 aliphatic heterocycles. The fourth-order valence-corrected chi connectivity index (χ4v) is 3.22. The molecule has 27 heavy (non-hydrogen) atoms. The number of aryl methyl sites for hydroxylation is 1. The number of carbonyl (C=O) groups is 1. The minimum atomic E-state index is -0.240. The summed E-state index contributed by atoms with van der Waals surface area (Å²) in [4.78, 5) is 16.7. The highest BCUT2D eigenvalue weighted by atomic mass is 35.5. The molecule has 0 radical (unpaired) electrons. The van der Waals surface area contributed by atoms with E-state index in [0.29, 0.717) is 54.0 Å². The fourth-order valence-electron chi connectivity index (χ4n) is 2.93. The normalized spacial score (nSPS) is 13.4. The van der Waals surface area contributed by atoms with Gasteiger partial charge in [0, 0.05) is 19.2 Å². The van der Waals surface area contributed by atoms with Crippen molar-refractivity contribution in [2.45, 2.75) is 26.3 Å². The van der Waals surface area contributed by atoms with E-state index >= 15 is 0 Å². The summed E-state index contributed by atoms with van der Waals surface area (Å²) >= 11 is 6.29. The minimum absolute atomic E-state index is 0.240. The second-order valence-corrected chi connectivity index (χ2v) is 6.60. The van der Waals surface area contributed by atoms with E-state index in [0.717, 1.165) is 23.1 Å². The van der Waals surface area contributed by atoms with E-state index < -0.39 is 0 Å². The van der Waals surface area contributed by atoms with Crippen LogP contribution in [0.25, 0.3) is 11.1 Å². The SMILES string of the molecule is CCc1noc2ncc(C(=O)NCc3cc(Cl)c4c(c3)OCCCO4)cc12. The predicted octanol–water partition coefficient (Wildman–Crippen LogP) is 3.53. The molecule has 7 nitrogen and oxygen atoms in total. The molecular weight excluding hydrogens is 370 g/mol. The molecule has 140 valence electrons. The molecular formula is C19H18ClN3O4. The van der Waals surface area contributed by atoms with Crippen molar-refractivity contribution >= 4 is 28.6 Å². The number of nitrogens with zero attached hydrogens (tertiary/aromatic N) is 2. The molecule has 3 aromatic rings. The molecule has 0 spiro atoms. The van der Waals surface area contributed by atoms with E-state index in [1.54, 1.807) is 12.1 Å². The third kappa shape index (κ3) is 3.55. The zero-order chi connectivity index (χ0) is 18.8. The summed E-state index contributed by atoms with van der Waals surface area (Å²) < 4.78 is 16.4. The number of nitrogens with one attached hydrogen (secondary N) is 1. The Morgan fingerprint density at radius 2 is 2.11 bits per heavy atom. The Morgan fingerprint density at radius 3 is 2.96 bits per heavy atom. The third-order valence-electron chi connectivity index (χ3n) is 4.32. The Kier molecular flexibility index (Phi) is 4.85. The van der Waals surface area contributed by atoms with Crippen molar-refractivity contribution in [3.05, 3.63) is 46.2 Å². The second-order valence-electron chi connectivity index (χ2n) is 6.20. The van der Waals surface area contributed by atoms with Crippen LogP contribution in [0, 0.1) is 0 Å². The van der Waals surface area contributed by atoms with Crippen LogP contribution >= 0.6 is 11.6 Å². The van der Waals surface area contributed by atoms with Crippen LogP contribution in [0.2, 0.25) is 5.02 Å². The molecule has 1 aromatic carbocycles. The van der Waals surface area contributed by atoms with Gasteiger partial charge in [-0.15, -0.1) is 0 Å². The number of amides is 1. The first-order chi connectivity index (χ1) is 13.2. The molecule has 0 unspecified atom stereocenters. The first-order valence-corrected chi connectivity index (χ1v) is 9.14. The van der Waals surface area contributed by atoms with Crippen LogP contribution in [0.1, 0.15) is 35.0 Å². The molecule has 2 aromatic heterocycles. The van der Waals surface area contributed by atoms with Crippen molar-refractivity contribution in [1.82, 2.24) is 15.5 Å². The van der Waals surface area contributed by atoms with Gasteiger partial charge in [0.15, 0.2) is 11.5 Å². The van der Waals surface area contributed by atoms with Crippen molar-refractivity contribution in [1.29, 1.82) is 0 Å². The third-order valence-corrected chi connectivity index (χ3v) is 4.60. The van der Waals surface area contributed by atoms with Crippen LogP contribution < -0.4 is 14.8 Å². The molecule has 0 atom stereocenters. The topological polar surface area (TPSA) is 86.5 Å². The zero-order valence-electron chi connectivity index (χ0n) is 14.8. The molecule has 0 aliphatic carbocycles. The number of pyridine rings is 1. The van der Waals surface area contributed by atoms with Crippen LogP contribution in [-0.2, 0) is 13.0 Å². The van der Waals surface area contributed by atoms with Gasteiger partial charge in [-0.2, -0.15) is 0 Å². The van der Waals surface area contributed by atoms with E-state index in [1.807, 2.05) is 13.0 Å². The van der Waals surface area contributed by atoms with Crippen LogP contribution in [0.15, 0.2) is 28.9 Å². The molecule has 4 rings (SSSR count). The van der Waals surface area contributed by atoms with Gasteiger partial charge in [0.05, 0.1) is 34.9 Å². The smallest absolute Gasteiger partial charge is 0.257 e. The maximum Gasteiger partial charge on any atom is 0.257 e. The van der Waals surface area contributed by atoms with Gasteiger partial charge in [0.1, 0.15) is 0 Å². The molecule has 8 heteroatoms. The maximum absolute atomic E-state index is 12.5. The Labute approximate surface area is 160 Å². The van der Waals surface area contributed by atoms with E-state index in [1.165, 1.54) is 6.20 Å². The van der Waals surface area contributed by atoms with Gasteiger partial charge in [-0.1, -0.05) is 23.7 Å². The van der Waals surface area contributed by atoms with Crippen molar-refractivity contribution < 1.29 is 18.8 Å². The summed E-state index contributed by atoms with van der Waals surface area (Å²) in [6, 6.07) is 5.35. The van der Waals surface area contributed by atoms with Gasteiger partial charge in [-0.3, -0.25) is 4.79 Å². The van der Waals surface area contributed by atoms with E-state index in [2.05, 4.69) is 15.5 Å². The number of ether oxygens (including phenoxy) is 2. The highest BCUT2D eigenvalue weighted by Gasteiger charge is 2.17. The number of fused-ring (bicyclic) bond motifs is 2. The summed E-state index contributed by atoms with van der Waals surface area (Å²) in [7, 11) is 0. The van der Waals surface area contributed by atoms with Gasteiger partial charge in [-0.25, -0.2) is 4.98 Å². The second kappa shape index (κ2) is 7.44. The summed E-state index contributed by atoms with van der Waals surface area (Å²) in [5.41, 5.74) is 2.48. The summed E-state index contributed by atoms with van der Waals surface area (Å²) in [5.74, 6) is 0.915. The van der Waals surface area contributed by atoms with Gasteiger partial charge in [0.2, 0.25) is 0 Å². The van der Waals surface area contributed by atoms with Crippen molar-refractivity contribution in [3.8, 4) is 11.5 Å². The minimum Gasteiger partial charge on any atom is -0.489 e. The Bertz CT molecular complexity index is 1000. The number of hydrogen-bond donors (Lipinski definition) is 1. The molecule has 0 fully saturated rings. The van der Waals surface area contributed by atoms with Crippen molar-refractivity contribution in [3.63, 3.8) is 0 Å². The van der Waals surface area contributed by atoms with Gasteiger partial charge in [-0.05, 0) is 30.2 Å². The van der Waals surface area contributed by atoms with Gasteiger partial charge < -0.3 is 19.3 Å². The molecule has 1 aliphatic rings. The summed E-state index contributed by atoms with van der Waals surface area (Å²) in [5, 5.41) is 8.06. The molecule has 1 N–H and O–H groups in total. The first-order valence-electron chi connectivity index (χ1n) is 8.76. The van der Waals surface area contributed by atoms with Gasteiger partial charge in [0.25, 0.3) is 11.6 Å². The number of halogens is 1. The lowest BCUT2D eigenvalue weighted by molar-refractivity contribution is 0.0950. The Hall–Kier alpha value is -2.80. The molecule has 0 saturated carbocycles. The Morgan fingerprint density at radius 1 is 1.26 bits per heavy atom. The number of carbonyl (C=O) groups excluding carboxylic acids is 1. The molecule has 0 saturated heterocycles. The van der Waals surface area contributed by atoms with Crippen molar-refractivity contribution in [2.75, 3.05) is 13.2 Å². The average molecular weight is 388 g/mol. The van der Waals surface area contributed by atoms with Crippen LogP contribution in [0.3, 0.4) is 0 Å². The first kappa shape index (κ1) is 17.6. The number of hydrogen-bond acceptors (Lipinski definition) is 6. The lowest BCUT2D eigenvalue weighted by Gasteiger charge is -2.12. The average Bonchev–Trinajstić information content (AvgIpc) is 2.94. The van der Waals surface area contributed by atoms with E-state index in [-0.39, 0.29) is 5.91 Å². The van der Waals surface area contributed by atoms with Crippen LogP contribution in [0.5, 0.6) is 11.5 Å².